The van der Waals surface area contributed by atoms with E-state index >= 15 is 0 Å². The summed E-state index contributed by atoms with van der Waals surface area (Å²) in [5.74, 6) is -0.0622. The molecule has 0 unspecified atom stereocenters. The second-order valence-electron chi connectivity index (χ2n) is 11.9. The predicted molar refractivity (Wildman–Crippen MR) is 205 cm³/mol. The van der Waals surface area contributed by atoms with Crippen molar-refractivity contribution in [2.45, 2.75) is 60.8 Å². The van der Waals surface area contributed by atoms with Crippen molar-refractivity contribution in [2.75, 3.05) is 59.5 Å². The van der Waals surface area contributed by atoms with Crippen LogP contribution in [-0.2, 0) is 33.3 Å². The molecule has 2 aromatic carbocycles. The lowest BCUT2D eigenvalue weighted by Gasteiger charge is -2.23. The van der Waals surface area contributed by atoms with Crippen LogP contribution in [0, 0.1) is 5.41 Å². The monoisotopic (exact) mass is 738 g/mol. The molecular weight excluding hydrogens is 680 g/mol. The fourth-order valence-electron chi connectivity index (χ4n) is 4.14. The van der Waals surface area contributed by atoms with Crippen LogP contribution in [0.15, 0.2) is 97.3 Å². The van der Waals surface area contributed by atoms with Gasteiger partial charge < -0.3 is 37.9 Å². The first kappa shape index (κ1) is 46.3. The molecule has 0 heterocycles. The number of carbonyl (C=O) groups excluding carboxylic acids is 3. The third-order valence-electron chi connectivity index (χ3n) is 6.88. The molecule has 0 radical (unpaired) electrons. The summed E-state index contributed by atoms with van der Waals surface area (Å²) in [4.78, 5) is 36.3. The molecule has 0 aliphatic carbocycles. The number of allylic oxidation sites excluding steroid dienone is 2. The van der Waals surface area contributed by atoms with Crippen molar-refractivity contribution >= 4 is 17.9 Å². The Morgan fingerprint density at radius 1 is 0.698 bits per heavy atom. The van der Waals surface area contributed by atoms with Crippen LogP contribution in [0.25, 0.3) is 0 Å². The highest BCUT2D eigenvalue weighted by Crippen LogP contribution is 2.21. The Bertz CT molecular complexity index is 1420. The summed E-state index contributed by atoms with van der Waals surface area (Å²) < 4.78 is 43.6. The van der Waals surface area contributed by atoms with E-state index in [0.29, 0.717) is 62.3 Å². The van der Waals surface area contributed by atoms with Crippen LogP contribution >= 0.6 is 0 Å². The molecule has 292 valence electrons. The van der Waals surface area contributed by atoms with Gasteiger partial charge >= 0.3 is 17.9 Å². The second-order valence-corrected chi connectivity index (χ2v) is 11.9. The lowest BCUT2D eigenvalue weighted by Crippen LogP contribution is -2.25. The number of hydrogen-bond acceptors (Lipinski definition) is 11. The van der Waals surface area contributed by atoms with Crippen molar-refractivity contribution in [2.24, 2.45) is 5.41 Å². The number of esters is 3. The Balaban J connectivity index is 0.00000690. The Morgan fingerprint density at radius 3 is 1.94 bits per heavy atom. The van der Waals surface area contributed by atoms with E-state index in [4.69, 9.17) is 37.9 Å². The molecule has 0 saturated carbocycles. The summed E-state index contributed by atoms with van der Waals surface area (Å²) >= 11 is 0. The summed E-state index contributed by atoms with van der Waals surface area (Å²) in [5.41, 5.74) is 0.654. The fourth-order valence-corrected chi connectivity index (χ4v) is 4.14. The van der Waals surface area contributed by atoms with Gasteiger partial charge in [0.2, 0.25) is 0 Å². The van der Waals surface area contributed by atoms with Crippen molar-refractivity contribution in [3.63, 3.8) is 0 Å². The highest BCUT2D eigenvalue weighted by Gasteiger charge is 2.18. The molecule has 0 aliphatic rings. The Kier molecular flexibility index (Phi) is 24.4. The maximum absolute atomic E-state index is 12.7. The van der Waals surface area contributed by atoms with Gasteiger partial charge in [0.15, 0.2) is 0 Å². The lowest BCUT2D eigenvalue weighted by atomic mass is 9.96. The number of benzene rings is 2. The third kappa shape index (κ3) is 21.4. The van der Waals surface area contributed by atoms with Crippen molar-refractivity contribution in [1.82, 2.24) is 0 Å². The molecular formula is C42H58O11. The van der Waals surface area contributed by atoms with Gasteiger partial charge in [0.05, 0.1) is 44.2 Å². The van der Waals surface area contributed by atoms with E-state index in [9.17, 15) is 14.4 Å². The van der Waals surface area contributed by atoms with E-state index < -0.39 is 17.9 Å². The lowest BCUT2D eigenvalue weighted by molar-refractivity contribution is -0.139. The quantitative estimate of drug-likeness (QED) is 0.0231. The standard InChI is InChI=1S/C40H52O11.C2H6/c1-7-32(14-13-31(4)47-24-12-10-11-23-46-30-40(5,6)29-44-9-3)38(42)50-35-19-21-36(22-20-35)51-39(43)33-15-17-34(18-16-33)48-27-25-45-26-28-49-37(41)8-2;1-2/h7-8,13-22H,2,4,9-12,23-30H2,1,3,5-6H3;1-2H3/b14-13-,32-7+;. The number of unbranched alkanes of at least 4 members (excludes halogenated alkanes) is 2. The molecule has 11 nitrogen and oxygen atoms in total. The van der Waals surface area contributed by atoms with Gasteiger partial charge in [0, 0.05) is 24.7 Å². The van der Waals surface area contributed by atoms with Crippen LogP contribution in [0.3, 0.4) is 0 Å². The zero-order valence-corrected chi connectivity index (χ0v) is 32.3. The van der Waals surface area contributed by atoms with E-state index in [1.165, 1.54) is 24.3 Å². The number of rotatable bonds is 26. The molecule has 53 heavy (non-hydrogen) atoms. The van der Waals surface area contributed by atoms with Crippen LogP contribution in [0.1, 0.15) is 71.2 Å². The molecule has 0 amide bonds. The van der Waals surface area contributed by atoms with Gasteiger partial charge in [-0.1, -0.05) is 46.9 Å². The largest absolute Gasteiger partial charge is 0.494 e. The first-order chi connectivity index (χ1) is 25.6. The van der Waals surface area contributed by atoms with E-state index in [2.05, 4.69) is 27.0 Å². The maximum atomic E-state index is 12.7. The normalized spacial score (nSPS) is 11.2. The molecule has 11 heteroatoms. The van der Waals surface area contributed by atoms with Gasteiger partial charge in [-0.2, -0.15) is 0 Å². The van der Waals surface area contributed by atoms with Gasteiger partial charge in [0.1, 0.15) is 36.2 Å². The van der Waals surface area contributed by atoms with Crippen molar-refractivity contribution in [3.05, 3.63) is 103 Å². The second kappa shape index (κ2) is 27.9. The molecule has 0 spiro atoms. The van der Waals surface area contributed by atoms with Crippen LogP contribution in [0.2, 0.25) is 0 Å². The Labute approximate surface area is 315 Å². The summed E-state index contributed by atoms with van der Waals surface area (Å²) in [7, 11) is 0. The smallest absolute Gasteiger partial charge is 0.343 e. The maximum Gasteiger partial charge on any atom is 0.343 e. The number of hydrogen-bond donors (Lipinski definition) is 0. The zero-order chi connectivity index (χ0) is 39.3. The van der Waals surface area contributed by atoms with Gasteiger partial charge in [-0.3, -0.25) is 0 Å². The number of ether oxygens (including phenoxy) is 8. The summed E-state index contributed by atoms with van der Waals surface area (Å²) in [6, 6.07) is 12.6. The van der Waals surface area contributed by atoms with Gasteiger partial charge in [0.25, 0.3) is 0 Å². The van der Waals surface area contributed by atoms with E-state index in [1.54, 1.807) is 49.4 Å². The van der Waals surface area contributed by atoms with Gasteiger partial charge in [-0.05, 0) is 93.8 Å². The first-order valence-electron chi connectivity index (χ1n) is 18.0. The predicted octanol–water partition coefficient (Wildman–Crippen LogP) is 8.24. The van der Waals surface area contributed by atoms with E-state index in [-0.39, 0.29) is 36.7 Å². The molecule has 0 atom stereocenters. The molecule has 0 bridgehead atoms. The SMILES string of the molecule is C=CC(=O)OCCOCCOc1ccc(C(=O)Oc2ccc(OC(=O)C(/C=C\C(=C)OCCCCCOCC(C)(C)COCC)=C/C)cc2)cc1.CC. The molecule has 0 aromatic heterocycles. The van der Waals surface area contributed by atoms with Crippen molar-refractivity contribution in [3.8, 4) is 17.2 Å². The molecule has 2 aromatic rings. The summed E-state index contributed by atoms with van der Waals surface area (Å²) in [5, 5.41) is 0. The molecule has 0 fully saturated rings. The Morgan fingerprint density at radius 2 is 1.30 bits per heavy atom. The van der Waals surface area contributed by atoms with E-state index in [1.807, 2.05) is 20.8 Å². The highest BCUT2D eigenvalue weighted by molar-refractivity contribution is 5.93. The van der Waals surface area contributed by atoms with Gasteiger partial charge in [-0.15, -0.1) is 0 Å². The van der Waals surface area contributed by atoms with Gasteiger partial charge in [-0.25, -0.2) is 14.4 Å². The first-order valence-corrected chi connectivity index (χ1v) is 18.0. The molecule has 0 aliphatic heterocycles. The average Bonchev–Trinajstić information content (AvgIpc) is 3.16. The summed E-state index contributed by atoms with van der Waals surface area (Å²) in [6.07, 6.45) is 8.71. The minimum Gasteiger partial charge on any atom is -0.494 e. The minimum atomic E-state index is -0.560. The average molecular weight is 739 g/mol. The highest BCUT2D eigenvalue weighted by atomic mass is 16.6. The molecule has 2 rings (SSSR count). The topological polar surface area (TPSA) is 125 Å². The third-order valence-corrected chi connectivity index (χ3v) is 6.88. The van der Waals surface area contributed by atoms with Crippen LogP contribution in [-0.4, -0.2) is 77.4 Å². The van der Waals surface area contributed by atoms with E-state index in [0.717, 1.165) is 25.3 Å². The molecule has 0 N–H and O–H groups in total. The van der Waals surface area contributed by atoms with Crippen LogP contribution in [0.4, 0.5) is 0 Å². The number of carbonyl (C=O) groups is 3. The Hall–Kier alpha value is -4.71. The van der Waals surface area contributed by atoms with Crippen LogP contribution < -0.4 is 14.2 Å². The fraction of sp³-hybridized carbons (Fsp3) is 0.452. The summed E-state index contributed by atoms with van der Waals surface area (Å²) in [6.45, 7) is 23.4. The van der Waals surface area contributed by atoms with Crippen molar-refractivity contribution in [1.29, 1.82) is 0 Å². The minimum absolute atomic E-state index is 0.00282. The van der Waals surface area contributed by atoms with Crippen molar-refractivity contribution < 1.29 is 52.3 Å². The zero-order valence-electron chi connectivity index (χ0n) is 32.3. The van der Waals surface area contributed by atoms with Crippen LogP contribution in [0.5, 0.6) is 17.2 Å². The molecule has 0 saturated heterocycles.